The van der Waals surface area contributed by atoms with Gasteiger partial charge in [0.25, 0.3) is 0 Å². The normalized spacial score (nSPS) is 15.5. The highest BCUT2D eigenvalue weighted by atomic mass is 32.1. The SMILES string of the molecule is Cc1cc(Nc2cc(C(F)(F)F)ccn2)nc(-c2cnc(C3CCCc4cc(C=O)ccc43)s2)c1. The van der Waals surface area contributed by atoms with E-state index in [9.17, 15) is 18.0 Å². The van der Waals surface area contributed by atoms with Crippen molar-refractivity contribution in [2.75, 3.05) is 5.32 Å². The van der Waals surface area contributed by atoms with Gasteiger partial charge in [0, 0.05) is 23.9 Å². The van der Waals surface area contributed by atoms with E-state index >= 15 is 0 Å². The molecule has 1 atom stereocenters. The molecule has 9 heteroatoms. The van der Waals surface area contributed by atoms with Crippen LogP contribution in [-0.2, 0) is 12.6 Å². The summed E-state index contributed by atoms with van der Waals surface area (Å²) in [6, 6.07) is 11.4. The van der Waals surface area contributed by atoms with Gasteiger partial charge >= 0.3 is 6.18 Å². The van der Waals surface area contributed by atoms with Gasteiger partial charge in [0.2, 0.25) is 0 Å². The summed E-state index contributed by atoms with van der Waals surface area (Å²) in [4.78, 5) is 25.3. The van der Waals surface area contributed by atoms with Gasteiger partial charge in [-0.3, -0.25) is 4.79 Å². The highest BCUT2D eigenvalue weighted by Gasteiger charge is 2.31. The Balaban J connectivity index is 1.42. The van der Waals surface area contributed by atoms with Crippen molar-refractivity contribution in [2.45, 2.75) is 38.3 Å². The van der Waals surface area contributed by atoms with Crippen molar-refractivity contribution < 1.29 is 18.0 Å². The number of fused-ring (bicyclic) bond motifs is 1. The third-order valence-electron chi connectivity index (χ3n) is 6.00. The lowest BCUT2D eigenvalue weighted by Gasteiger charge is -2.24. The molecule has 0 amide bonds. The largest absolute Gasteiger partial charge is 0.416 e. The first-order chi connectivity index (χ1) is 16.8. The molecule has 0 bridgehead atoms. The predicted octanol–water partition coefficient (Wildman–Crippen LogP) is 6.95. The zero-order valence-corrected chi connectivity index (χ0v) is 19.6. The molecule has 1 unspecified atom stereocenters. The molecule has 35 heavy (non-hydrogen) atoms. The predicted molar refractivity (Wildman–Crippen MR) is 129 cm³/mol. The average molecular weight is 495 g/mol. The number of aromatic nitrogens is 3. The lowest BCUT2D eigenvalue weighted by Crippen LogP contribution is -2.11. The summed E-state index contributed by atoms with van der Waals surface area (Å²) in [5, 5.41) is 3.88. The van der Waals surface area contributed by atoms with Gasteiger partial charge in [-0.05, 0) is 73.2 Å². The number of halogens is 3. The molecular formula is C26H21F3N4OS. The molecule has 0 saturated carbocycles. The molecule has 1 N–H and O–H groups in total. The van der Waals surface area contributed by atoms with Crippen LogP contribution >= 0.6 is 11.3 Å². The first-order valence-electron chi connectivity index (χ1n) is 11.1. The molecule has 5 nitrogen and oxygen atoms in total. The molecule has 0 radical (unpaired) electrons. The number of nitrogens with zero attached hydrogens (tertiary/aromatic N) is 3. The number of carbonyl (C=O) groups is 1. The number of aryl methyl sites for hydroxylation is 2. The lowest BCUT2D eigenvalue weighted by atomic mass is 9.82. The molecule has 0 fully saturated rings. The fourth-order valence-electron chi connectivity index (χ4n) is 4.40. The summed E-state index contributed by atoms with van der Waals surface area (Å²) in [6.07, 6.45) is 2.29. The van der Waals surface area contributed by atoms with Gasteiger partial charge in [-0.25, -0.2) is 15.0 Å². The summed E-state index contributed by atoms with van der Waals surface area (Å²) in [5.74, 6) is 0.642. The van der Waals surface area contributed by atoms with E-state index in [4.69, 9.17) is 4.98 Å². The van der Waals surface area contributed by atoms with Crippen molar-refractivity contribution in [1.82, 2.24) is 15.0 Å². The van der Waals surface area contributed by atoms with Crippen molar-refractivity contribution in [2.24, 2.45) is 0 Å². The average Bonchev–Trinajstić information content (AvgIpc) is 3.33. The minimum atomic E-state index is -4.45. The van der Waals surface area contributed by atoms with Gasteiger partial charge in [0.15, 0.2) is 0 Å². The van der Waals surface area contributed by atoms with Crippen LogP contribution in [0.4, 0.5) is 24.8 Å². The number of alkyl halides is 3. The third kappa shape index (κ3) is 4.95. The van der Waals surface area contributed by atoms with Gasteiger partial charge in [-0.2, -0.15) is 13.2 Å². The van der Waals surface area contributed by atoms with Crippen LogP contribution in [0.25, 0.3) is 10.6 Å². The van der Waals surface area contributed by atoms with E-state index in [0.717, 1.165) is 59.3 Å². The fraction of sp³-hybridized carbons (Fsp3) is 0.231. The van der Waals surface area contributed by atoms with E-state index in [2.05, 4.69) is 15.3 Å². The Hall–Kier alpha value is -3.59. The number of thiazole rings is 1. The number of rotatable bonds is 5. The summed E-state index contributed by atoms with van der Waals surface area (Å²) < 4.78 is 39.2. The van der Waals surface area contributed by atoms with E-state index < -0.39 is 11.7 Å². The van der Waals surface area contributed by atoms with Crippen molar-refractivity contribution in [1.29, 1.82) is 0 Å². The van der Waals surface area contributed by atoms with Gasteiger partial charge in [-0.1, -0.05) is 12.1 Å². The van der Waals surface area contributed by atoms with Crippen molar-refractivity contribution >= 4 is 29.3 Å². The Morgan fingerprint density at radius 3 is 2.74 bits per heavy atom. The van der Waals surface area contributed by atoms with E-state index in [0.29, 0.717) is 17.1 Å². The second-order valence-corrected chi connectivity index (χ2v) is 9.61. The van der Waals surface area contributed by atoms with E-state index in [1.807, 2.05) is 31.2 Å². The molecule has 1 aromatic carbocycles. The molecule has 3 heterocycles. The summed E-state index contributed by atoms with van der Waals surface area (Å²) in [5.41, 5.74) is 3.90. The number of pyridine rings is 2. The number of nitrogens with one attached hydrogen (secondary N) is 1. The van der Waals surface area contributed by atoms with Crippen LogP contribution in [0.15, 0.2) is 54.9 Å². The molecule has 0 spiro atoms. The van der Waals surface area contributed by atoms with E-state index in [1.54, 1.807) is 23.6 Å². The smallest absolute Gasteiger partial charge is 0.325 e. The number of anilines is 2. The lowest BCUT2D eigenvalue weighted by molar-refractivity contribution is -0.137. The highest BCUT2D eigenvalue weighted by Crippen LogP contribution is 2.40. The number of hydrogen-bond acceptors (Lipinski definition) is 6. The third-order valence-corrected chi connectivity index (χ3v) is 7.14. The van der Waals surface area contributed by atoms with Crippen molar-refractivity contribution in [3.05, 3.63) is 87.7 Å². The summed E-state index contributed by atoms with van der Waals surface area (Å²) in [6.45, 7) is 1.90. The molecule has 1 aliphatic rings. The minimum absolute atomic E-state index is 0.0716. The Morgan fingerprint density at radius 1 is 1.09 bits per heavy atom. The van der Waals surface area contributed by atoms with Crippen LogP contribution in [-0.4, -0.2) is 21.2 Å². The number of carbonyl (C=O) groups excluding carboxylic acids is 1. The molecule has 0 aliphatic heterocycles. The van der Waals surface area contributed by atoms with Gasteiger partial charge in [0.1, 0.15) is 22.9 Å². The zero-order chi connectivity index (χ0) is 24.6. The maximum atomic E-state index is 13.1. The van der Waals surface area contributed by atoms with Crippen LogP contribution in [0.2, 0.25) is 0 Å². The number of hydrogen-bond donors (Lipinski definition) is 1. The van der Waals surface area contributed by atoms with E-state index in [1.165, 1.54) is 11.1 Å². The molecule has 1 aliphatic carbocycles. The van der Waals surface area contributed by atoms with Crippen LogP contribution in [0.3, 0.4) is 0 Å². The highest BCUT2D eigenvalue weighted by molar-refractivity contribution is 7.15. The Bertz CT molecular complexity index is 1400. The van der Waals surface area contributed by atoms with E-state index in [-0.39, 0.29) is 11.7 Å². The Labute approximate surface area is 204 Å². The summed E-state index contributed by atoms with van der Waals surface area (Å²) in [7, 11) is 0. The number of benzene rings is 1. The second kappa shape index (κ2) is 9.22. The maximum absolute atomic E-state index is 13.1. The standard InChI is InChI=1S/C26H21F3N4OS/c1-15-9-21(32-24(10-15)33-23-12-18(7-8-30-23)26(27,28)29)22-13-31-25(35-22)20-4-2-3-17-11-16(14-34)5-6-19(17)20/h5-14,20H,2-4H2,1H3,(H,30,32,33). The molecule has 3 aromatic heterocycles. The van der Waals surface area contributed by atoms with Crippen LogP contribution in [0, 0.1) is 6.92 Å². The second-order valence-electron chi connectivity index (χ2n) is 8.55. The molecule has 0 saturated heterocycles. The molecule has 178 valence electrons. The van der Waals surface area contributed by atoms with Gasteiger partial charge < -0.3 is 5.32 Å². The van der Waals surface area contributed by atoms with Gasteiger partial charge in [0.05, 0.1) is 16.1 Å². The van der Waals surface area contributed by atoms with Crippen molar-refractivity contribution in [3.8, 4) is 10.6 Å². The molecule has 5 rings (SSSR count). The Kier molecular flexibility index (Phi) is 6.10. The van der Waals surface area contributed by atoms with Crippen LogP contribution in [0.5, 0.6) is 0 Å². The zero-order valence-electron chi connectivity index (χ0n) is 18.8. The number of aldehydes is 1. The van der Waals surface area contributed by atoms with Crippen molar-refractivity contribution in [3.63, 3.8) is 0 Å². The topological polar surface area (TPSA) is 67.8 Å². The van der Waals surface area contributed by atoms with Gasteiger partial charge in [-0.15, -0.1) is 11.3 Å². The maximum Gasteiger partial charge on any atom is 0.416 e. The van der Waals surface area contributed by atoms with Crippen LogP contribution in [0.1, 0.15) is 56.4 Å². The fourth-order valence-corrected chi connectivity index (χ4v) is 5.43. The summed E-state index contributed by atoms with van der Waals surface area (Å²) >= 11 is 1.56. The Morgan fingerprint density at radius 2 is 1.94 bits per heavy atom. The molecule has 4 aromatic rings. The monoisotopic (exact) mass is 494 g/mol. The first kappa shape index (κ1) is 23.2. The van der Waals surface area contributed by atoms with Crippen LogP contribution < -0.4 is 5.32 Å². The minimum Gasteiger partial charge on any atom is -0.325 e. The quantitative estimate of drug-likeness (QED) is 0.304. The first-order valence-corrected chi connectivity index (χ1v) is 11.9. The molecular weight excluding hydrogens is 473 g/mol.